The van der Waals surface area contributed by atoms with Crippen molar-refractivity contribution in [3.05, 3.63) is 29.3 Å². The number of halogens is 1. The van der Waals surface area contributed by atoms with Gasteiger partial charge in [0.15, 0.2) is 6.10 Å². The second-order valence-electron chi connectivity index (χ2n) is 5.67. The SMILES string of the molecule is CC[C@H](Oc1ccc(Cl)cc1)C(=O)NC1CCCCCC1. The van der Waals surface area contributed by atoms with E-state index < -0.39 is 6.10 Å². The molecule has 0 aromatic heterocycles. The minimum atomic E-state index is -0.436. The molecule has 2 rings (SSSR count). The molecule has 0 radical (unpaired) electrons. The van der Waals surface area contributed by atoms with Crippen molar-refractivity contribution in [2.45, 2.75) is 64.0 Å². The van der Waals surface area contributed by atoms with Gasteiger partial charge in [0.2, 0.25) is 0 Å². The summed E-state index contributed by atoms with van der Waals surface area (Å²) < 4.78 is 5.78. The number of carbonyl (C=O) groups is 1. The predicted octanol–water partition coefficient (Wildman–Crippen LogP) is 4.34. The maximum absolute atomic E-state index is 12.4. The molecule has 1 aliphatic rings. The van der Waals surface area contributed by atoms with E-state index in [1.165, 1.54) is 25.7 Å². The van der Waals surface area contributed by atoms with Crippen LogP contribution in [0.15, 0.2) is 24.3 Å². The molecule has 1 amide bonds. The molecule has 0 aliphatic heterocycles. The third kappa shape index (κ3) is 5.24. The highest BCUT2D eigenvalue weighted by molar-refractivity contribution is 6.30. The highest BCUT2D eigenvalue weighted by atomic mass is 35.5. The molecule has 3 nitrogen and oxygen atoms in total. The Hall–Kier alpha value is -1.22. The second-order valence-corrected chi connectivity index (χ2v) is 6.10. The van der Waals surface area contributed by atoms with Crippen LogP contribution < -0.4 is 10.1 Å². The van der Waals surface area contributed by atoms with Gasteiger partial charge in [0.25, 0.3) is 5.91 Å². The quantitative estimate of drug-likeness (QED) is 0.822. The molecule has 1 saturated carbocycles. The van der Waals surface area contributed by atoms with E-state index in [0.29, 0.717) is 23.2 Å². The highest BCUT2D eigenvalue weighted by Crippen LogP contribution is 2.19. The average Bonchev–Trinajstić information content (AvgIpc) is 2.75. The van der Waals surface area contributed by atoms with Crippen molar-refractivity contribution in [1.29, 1.82) is 0 Å². The monoisotopic (exact) mass is 309 g/mol. The van der Waals surface area contributed by atoms with Gasteiger partial charge in [-0.05, 0) is 43.5 Å². The molecule has 1 aromatic carbocycles. The minimum absolute atomic E-state index is 0.000602. The Labute approximate surface area is 132 Å². The summed E-state index contributed by atoms with van der Waals surface area (Å²) in [7, 11) is 0. The Bertz CT molecular complexity index is 439. The molecule has 1 aliphatic carbocycles. The standard InChI is InChI=1S/C17H24ClNO2/c1-2-16(21-15-11-9-13(18)10-12-15)17(20)19-14-7-5-3-4-6-8-14/h9-12,14,16H,2-8H2,1H3,(H,19,20)/t16-/m0/s1. The number of nitrogens with one attached hydrogen (secondary N) is 1. The van der Waals surface area contributed by atoms with Gasteiger partial charge in [-0.2, -0.15) is 0 Å². The first-order chi connectivity index (χ1) is 10.2. The summed E-state index contributed by atoms with van der Waals surface area (Å²) in [5.74, 6) is 0.682. The van der Waals surface area contributed by atoms with Crippen LogP contribution in [-0.2, 0) is 4.79 Å². The van der Waals surface area contributed by atoms with Crippen LogP contribution in [0.25, 0.3) is 0 Å². The van der Waals surface area contributed by atoms with E-state index in [-0.39, 0.29) is 5.91 Å². The maximum Gasteiger partial charge on any atom is 0.261 e. The van der Waals surface area contributed by atoms with Gasteiger partial charge in [0.1, 0.15) is 5.75 Å². The van der Waals surface area contributed by atoms with E-state index >= 15 is 0 Å². The van der Waals surface area contributed by atoms with Gasteiger partial charge in [-0.3, -0.25) is 4.79 Å². The van der Waals surface area contributed by atoms with Gasteiger partial charge >= 0.3 is 0 Å². The lowest BCUT2D eigenvalue weighted by molar-refractivity contribution is -0.128. The van der Waals surface area contributed by atoms with Crippen LogP contribution in [0.1, 0.15) is 51.9 Å². The van der Waals surface area contributed by atoms with Crippen molar-refractivity contribution in [1.82, 2.24) is 5.32 Å². The van der Waals surface area contributed by atoms with Crippen LogP contribution in [0.5, 0.6) is 5.75 Å². The van der Waals surface area contributed by atoms with E-state index in [4.69, 9.17) is 16.3 Å². The molecular formula is C17H24ClNO2. The van der Waals surface area contributed by atoms with Crippen LogP contribution in [-0.4, -0.2) is 18.1 Å². The third-order valence-corrected chi connectivity index (χ3v) is 4.21. The zero-order valence-corrected chi connectivity index (χ0v) is 13.4. The first-order valence-corrected chi connectivity index (χ1v) is 8.29. The summed E-state index contributed by atoms with van der Waals surface area (Å²) in [6, 6.07) is 7.44. The van der Waals surface area contributed by atoms with E-state index in [1.807, 2.05) is 6.92 Å². The van der Waals surface area contributed by atoms with Gasteiger partial charge in [-0.15, -0.1) is 0 Å². The zero-order chi connectivity index (χ0) is 15.1. The van der Waals surface area contributed by atoms with Gasteiger partial charge in [-0.25, -0.2) is 0 Å². The summed E-state index contributed by atoms with van der Waals surface area (Å²) in [5, 5.41) is 3.82. The van der Waals surface area contributed by atoms with Gasteiger partial charge in [-0.1, -0.05) is 44.2 Å². The van der Waals surface area contributed by atoms with E-state index in [0.717, 1.165) is 12.8 Å². The number of hydrogen-bond acceptors (Lipinski definition) is 2. The van der Waals surface area contributed by atoms with Gasteiger partial charge < -0.3 is 10.1 Å². The van der Waals surface area contributed by atoms with Crippen molar-refractivity contribution >= 4 is 17.5 Å². The van der Waals surface area contributed by atoms with E-state index in [9.17, 15) is 4.79 Å². The average molecular weight is 310 g/mol. The highest BCUT2D eigenvalue weighted by Gasteiger charge is 2.22. The Balaban J connectivity index is 1.89. The number of rotatable bonds is 5. The second kappa shape index (κ2) is 8.28. The Kier molecular flexibility index (Phi) is 6.37. The predicted molar refractivity (Wildman–Crippen MR) is 85.8 cm³/mol. The van der Waals surface area contributed by atoms with Gasteiger partial charge in [0, 0.05) is 11.1 Å². The first-order valence-electron chi connectivity index (χ1n) is 7.91. The Morgan fingerprint density at radius 2 is 1.86 bits per heavy atom. The van der Waals surface area contributed by atoms with Crippen molar-refractivity contribution < 1.29 is 9.53 Å². The molecule has 0 spiro atoms. The molecule has 116 valence electrons. The molecule has 0 unspecified atom stereocenters. The fraction of sp³-hybridized carbons (Fsp3) is 0.588. The minimum Gasteiger partial charge on any atom is -0.481 e. The summed E-state index contributed by atoms with van der Waals surface area (Å²) in [6.45, 7) is 1.97. The maximum atomic E-state index is 12.4. The smallest absolute Gasteiger partial charge is 0.261 e. The van der Waals surface area contributed by atoms with Gasteiger partial charge in [0.05, 0.1) is 0 Å². The lowest BCUT2D eigenvalue weighted by Gasteiger charge is -2.22. The van der Waals surface area contributed by atoms with Crippen LogP contribution in [0, 0.1) is 0 Å². The summed E-state index contributed by atoms with van der Waals surface area (Å²) in [4.78, 5) is 12.4. The fourth-order valence-corrected chi connectivity index (χ4v) is 2.84. The fourth-order valence-electron chi connectivity index (χ4n) is 2.72. The number of benzene rings is 1. The molecule has 1 aromatic rings. The van der Waals surface area contributed by atoms with Crippen molar-refractivity contribution in [2.75, 3.05) is 0 Å². The molecule has 0 saturated heterocycles. The summed E-state index contributed by atoms with van der Waals surface area (Å²) in [6.07, 6.45) is 7.37. The molecule has 0 bridgehead atoms. The molecule has 1 N–H and O–H groups in total. The van der Waals surface area contributed by atoms with Crippen LogP contribution in [0.3, 0.4) is 0 Å². The number of carbonyl (C=O) groups excluding carboxylic acids is 1. The third-order valence-electron chi connectivity index (χ3n) is 3.96. The molecule has 4 heteroatoms. The normalized spacial score (nSPS) is 17.8. The molecule has 1 fully saturated rings. The van der Waals surface area contributed by atoms with E-state index in [2.05, 4.69) is 5.32 Å². The molecule has 1 atom stereocenters. The van der Waals surface area contributed by atoms with Crippen LogP contribution in [0.2, 0.25) is 5.02 Å². The van der Waals surface area contributed by atoms with Crippen molar-refractivity contribution in [2.24, 2.45) is 0 Å². The summed E-state index contributed by atoms with van der Waals surface area (Å²) >= 11 is 5.85. The van der Waals surface area contributed by atoms with Crippen molar-refractivity contribution in [3.8, 4) is 5.75 Å². The largest absolute Gasteiger partial charge is 0.481 e. The molecular weight excluding hydrogens is 286 g/mol. The Morgan fingerprint density at radius 3 is 2.43 bits per heavy atom. The molecule has 0 heterocycles. The lowest BCUT2D eigenvalue weighted by Crippen LogP contribution is -2.43. The topological polar surface area (TPSA) is 38.3 Å². The first kappa shape index (κ1) is 16.2. The van der Waals surface area contributed by atoms with Crippen LogP contribution in [0.4, 0.5) is 0 Å². The summed E-state index contributed by atoms with van der Waals surface area (Å²) in [5.41, 5.74) is 0. The zero-order valence-electron chi connectivity index (χ0n) is 12.6. The van der Waals surface area contributed by atoms with Crippen molar-refractivity contribution in [3.63, 3.8) is 0 Å². The lowest BCUT2D eigenvalue weighted by atomic mass is 10.1. The molecule has 21 heavy (non-hydrogen) atoms. The number of amides is 1. The number of hydrogen-bond donors (Lipinski definition) is 1. The van der Waals surface area contributed by atoms with Crippen LogP contribution >= 0.6 is 11.6 Å². The Morgan fingerprint density at radius 1 is 1.24 bits per heavy atom. The van der Waals surface area contributed by atoms with E-state index in [1.54, 1.807) is 24.3 Å². The number of ether oxygens (including phenoxy) is 1.